The standard InChI is InChI=1S/C22H35N3O/c1-4-19-7-9-20(10-8-19)17(2)23-22(26)18(3)24-15-11-21(12-16-24)25-13-5-6-14-25/h7-10,17-18,21H,4-6,11-16H2,1-3H3,(H,23,26). The number of likely N-dealkylation sites (tertiary alicyclic amines) is 2. The lowest BCUT2D eigenvalue weighted by atomic mass is 10.0. The molecule has 2 aliphatic heterocycles. The molecule has 26 heavy (non-hydrogen) atoms. The number of nitrogens with one attached hydrogen (secondary N) is 1. The molecule has 1 N–H and O–H groups in total. The first-order chi connectivity index (χ1) is 12.6. The second-order valence-electron chi connectivity index (χ2n) is 8.01. The first kappa shape index (κ1) is 19.4. The van der Waals surface area contributed by atoms with E-state index in [1.807, 2.05) is 0 Å². The average Bonchev–Trinajstić information content (AvgIpc) is 3.22. The van der Waals surface area contributed by atoms with Crippen molar-refractivity contribution in [1.29, 1.82) is 0 Å². The largest absolute Gasteiger partial charge is 0.348 e. The Balaban J connectivity index is 1.48. The highest BCUT2D eigenvalue weighted by Crippen LogP contribution is 2.22. The molecule has 2 heterocycles. The number of hydrogen-bond acceptors (Lipinski definition) is 3. The molecule has 0 aliphatic carbocycles. The Morgan fingerprint density at radius 1 is 1.08 bits per heavy atom. The molecule has 1 aromatic rings. The van der Waals surface area contributed by atoms with Gasteiger partial charge in [0.25, 0.3) is 0 Å². The molecule has 3 rings (SSSR count). The Kier molecular flexibility index (Phi) is 6.71. The maximum Gasteiger partial charge on any atom is 0.237 e. The van der Waals surface area contributed by atoms with Gasteiger partial charge in [0, 0.05) is 19.1 Å². The fraction of sp³-hybridized carbons (Fsp3) is 0.682. The minimum Gasteiger partial charge on any atom is -0.348 e. The SMILES string of the molecule is CCc1ccc(C(C)NC(=O)C(C)N2CCC(N3CCCC3)CC2)cc1. The zero-order valence-electron chi connectivity index (χ0n) is 16.7. The fourth-order valence-electron chi connectivity index (χ4n) is 4.37. The van der Waals surface area contributed by atoms with Crippen LogP contribution in [0, 0.1) is 0 Å². The van der Waals surface area contributed by atoms with Gasteiger partial charge in [0.2, 0.25) is 5.91 Å². The van der Waals surface area contributed by atoms with E-state index < -0.39 is 0 Å². The molecule has 144 valence electrons. The highest BCUT2D eigenvalue weighted by atomic mass is 16.2. The summed E-state index contributed by atoms with van der Waals surface area (Å²) in [5.41, 5.74) is 2.51. The monoisotopic (exact) mass is 357 g/mol. The van der Waals surface area contributed by atoms with Crippen molar-refractivity contribution in [2.24, 2.45) is 0 Å². The third-order valence-corrected chi connectivity index (χ3v) is 6.33. The average molecular weight is 358 g/mol. The second kappa shape index (κ2) is 9.01. The maximum absolute atomic E-state index is 12.7. The lowest BCUT2D eigenvalue weighted by molar-refractivity contribution is -0.127. The highest BCUT2D eigenvalue weighted by molar-refractivity contribution is 5.81. The van der Waals surface area contributed by atoms with Crippen LogP contribution in [0.5, 0.6) is 0 Å². The molecule has 2 aliphatic rings. The number of carbonyl (C=O) groups excluding carboxylic acids is 1. The van der Waals surface area contributed by atoms with Gasteiger partial charge in [-0.15, -0.1) is 0 Å². The topological polar surface area (TPSA) is 35.6 Å². The van der Waals surface area contributed by atoms with Gasteiger partial charge < -0.3 is 10.2 Å². The Hall–Kier alpha value is -1.39. The summed E-state index contributed by atoms with van der Waals surface area (Å²) in [6, 6.07) is 9.33. The lowest BCUT2D eigenvalue weighted by Gasteiger charge is -2.39. The number of aryl methyl sites for hydroxylation is 1. The third kappa shape index (κ3) is 4.66. The molecular formula is C22H35N3O. The van der Waals surface area contributed by atoms with Gasteiger partial charge in [0.05, 0.1) is 12.1 Å². The smallest absolute Gasteiger partial charge is 0.237 e. The van der Waals surface area contributed by atoms with Crippen molar-refractivity contribution in [1.82, 2.24) is 15.1 Å². The van der Waals surface area contributed by atoms with E-state index in [0.29, 0.717) is 0 Å². The second-order valence-corrected chi connectivity index (χ2v) is 8.01. The number of nitrogens with zero attached hydrogens (tertiary/aromatic N) is 2. The number of carbonyl (C=O) groups is 1. The molecule has 4 heteroatoms. The van der Waals surface area contributed by atoms with Crippen LogP contribution in [0.1, 0.15) is 63.6 Å². The molecule has 0 radical (unpaired) electrons. The molecule has 2 atom stereocenters. The van der Waals surface area contributed by atoms with E-state index in [1.54, 1.807) is 0 Å². The summed E-state index contributed by atoms with van der Waals surface area (Å²) >= 11 is 0. The molecule has 1 amide bonds. The van der Waals surface area contributed by atoms with Crippen LogP contribution in [0.3, 0.4) is 0 Å². The first-order valence-corrected chi connectivity index (χ1v) is 10.5. The fourth-order valence-corrected chi connectivity index (χ4v) is 4.37. The quantitative estimate of drug-likeness (QED) is 0.848. The van der Waals surface area contributed by atoms with Gasteiger partial charge in [0.1, 0.15) is 0 Å². The van der Waals surface area contributed by atoms with E-state index in [9.17, 15) is 4.79 Å². The van der Waals surface area contributed by atoms with Crippen molar-refractivity contribution >= 4 is 5.91 Å². The number of rotatable bonds is 6. The van der Waals surface area contributed by atoms with Crippen LogP contribution in [0.15, 0.2) is 24.3 Å². The number of benzene rings is 1. The molecular weight excluding hydrogens is 322 g/mol. The van der Waals surface area contributed by atoms with Gasteiger partial charge in [0.15, 0.2) is 0 Å². The molecule has 1 aromatic carbocycles. The van der Waals surface area contributed by atoms with Gasteiger partial charge >= 0.3 is 0 Å². The van der Waals surface area contributed by atoms with Crippen LogP contribution >= 0.6 is 0 Å². The Morgan fingerprint density at radius 2 is 1.69 bits per heavy atom. The molecule has 0 aromatic heterocycles. The third-order valence-electron chi connectivity index (χ3n) is 6.33. The van der Waals surface area contributed by atoms with E-state index in [4.69, 9.17) is 0 Å². The van der Waals surface area contributed by atoms with Crippen LogP contribution < -0.4 is 5.32 Å². The van der Waals surface area contributed by atoms with E-state index in [2.05, 4.69) is 60.2 Å². The van der Waals surface area contributed by atoms with E-state index in [1.165, 1.54) is 49.9 Å². The van der Waals surface area contributed by atoms with E-state index in [-0.39, 0.29) is 18.0 Å². The number of piperidine rings is 1. The van der Waals surface area contributed by atoms with Gasteiger partial charge in [-0.3, -0.25) is 9.69 Å². The first-order valence-electron chi connectivity index (χ1n) is 10.5. The van der Waals surface area contributed by atoms with E-state index >= 15 is 0 Å². The normalized spacial score (nSPS) is 22.3. The molecule has 0 spiro atoms. The Bertz CT molecular complexity index is 572. The van der Waals surface area contributed by atoms with Crippen molar-refractivity contribution in [3.05, 3.63) is 35.4 Å². The van der Waals surface area contributed by atoms with Crippen LogP contribution in [0.2, 0.25) is 0 Å². The van der Waals surface area contributed by atoms with Crippen molar-refractivity contribution < 1.29 is 4.79 Å². The summed E-state index contributed by atoms with van der Waals surface area (Å²) in [4.78, 5) is 17.7. The molecule has 0 saturated carbocycles. The zero-order chi connectivity index (χ0) is 18.5. The molecule has 4 nitrogen and oxygen atoms in total. The van der Waals surface area contributed by atoms with Crippen molar-refractivity contribution in [2.75, 3.05) is 26.2 Å². The minimum absolute atomic E-state index is 0.0492. The van der Waals surface area contributed by atoms with Gasteiger partial charge in [-0.2, -0.15) is 0 Å². The predicted octanol–water partition coefficient (Wildman–Crippen LogP) is 3.37. The van der Waals surface area contributed by atoms with Gasteiger partial charge in [-0.1, -0.05) is 31.2 Å². The zero-order valence-corrected chi connectivity index (χ0v) is 16.7. The van der Waals surface area contributed by atoms with Crippen LogP contribution in [-0.4, -0.2) is 54.0 Å². The number of hydrogen-bond donors (Lipinski definition) is 1. The summed E-state index contributed by atoms with van der Waals surface area (Å²) in [5.74, 6) is 0.150. The summed E-state index contributed by atoms with van der Waals surface area (Å²) in [7, 11) is 0. The predicted molar refractivity (Wildman–Crippen MR) is 107 cm³/mol. The molecule has 2 saturated heterocycles. The van der Waals surface area contributed by atoms with Gasteiger partial charge in [-0.05, 0) is 70.2 Å². The Morgan fingerprint density at radius 3 is 2.27 bits per heavy atom. The van der Waals surface area contributed by atoms with Crippen molar-refractivity contribution in [3.8, 4) is 0 Å². The lowest BCUT2D eigenvalue weighted by Crippen LogP contribution is -2.51. The minimum atomic E-state index is -0.0492. The summed E-state index contributed by atoms with van der Waals surface area (Å²) in [6.07, 6.45) is 6.16. The summed E-state index contributed by atoms with van der Waals surface area (Å²) in [6.45, 7) is 10.9. The van der Waals surface area contributed by atoms with Crippen LogP contribution in [-0.2, 0) is 11.2 Å². The van der Waals surface area contributed by atoms with Crippen molar-refractivity contribution in [2.45, 2.75) is 71.0 Å². The van der Waals surface area contributed by atoms with E-state index in [0.717, 1.165) is 25.6 Å². The maximum atomic E-state index is 12.7. The summed E-state index contributed by atoms with van der Waals surface area (Å²) < 4.78 is 0. The summed E-state index contributed by atoms with van der Waals surface area (Å²) in [5, 5.41) is 3.21. The van der Waals surface area contributed by atoms with Gasteiger partial charge in [-0.25, -0.2) is 0 Å². The van der Waals surface area contributed by atoms with Crippen LogP contribution in [0.4, 0.5) is 0 Å². The molecule has 2 fully saturated rings. The highest BCUT2D eigenvalue weighted by Gasteiger charge is 2.30. The van der Waals surface area contributed by atoms with Crippen LogP contribution in [0.25, 0.3) is 0 Å². The Labute approximate surface area is 158 Å². The molecule has 0 bridgehead atoms. The molecule has 2 unspecified atom stereocenters. The number of amides is 1. The van der Waals surface area contributed by atoms with Crippen molar-refractivity contribution in [3.63, 3.8) is 0 Å².